The first kappa shape index (κ1) is 20.3. The van der Waals surface area contributed by atoms with Crippen molar-refractivity contribution in [2.75, 3.05) is 18.1 Å². The monoisotopic (exact) mass is 428 g/mol. The van der Waals surface area contributed by atoms with E-state index in [2.05, 4.69) is 26.0 Å². The van der Waals surface area contributed by atoms with Crippen LogP contribution in [0.15, 0.2) is 30.3 Å². The zero-order valence-corrected chi connectivity index (χ0v) is 18.6. The maximum Gasteiger partial charge on any atom is 0.233 e. The molecule has 1 aliphatic rings. The quantitative estimate of drug-likeness (QED) is 0.528. The Balaban J connectivity index is 1.68. The van der Waals surface area contributed by atoms with E-state index in [0.29, 0.717) is 23.1 Å². The van der Waals surface area contributed by atoms with Crippen LogP contribution in [0.1, 0.15) is 35.1 Å². The molecule has 1 aromatic heterocycles. The summed E-state index contributed by atoms with van der Waals surface area (Å²) in [6, 6.07) is 10.1. The molecule has 152 valence electrons. The fraction of sp³-hybridized carbons (Fsp3) is 0.391. The van der Waals surface area contributed by atoms with E-state index in [0.717, 1.165) is 46.4 Å². The van der Waals surface area contributed by atoms with Crippen LogP contribution in [0, 0.1) is 20.8 Å². The lowest BCUT2D eigenvalue weighted by atomic mass is 10.0. The van der Waals surface area contributed by atoms with Gasteiger partial charge in [-0.2, -0.15) is 0 Å². The topological polar surface area (TPSA) is 42.4 Å². The van der Waals surface area contributed by atoms with Crippen LogP contribution < -0.4 is 4.90 Å². The fourth-order valence-corrected chi connectivity index (χ4v) is 5.13. The molecule has 6 heteroatoms. The Morgan fingerprint density at radius 1 is 1.24 bits per heavy atom. The number of ether oxygens (including phenoxy) is 1. The van der Waals surface area contributed by atoms with E-state index in [4.69, 9.17) is 21.3 Å². The van der Waals surface area contributed by atoms with Crippen LogP contribution in [-0.2, 0) is 16.0 Å². The van der Waals surface area contributed by atoms with E-state index in [9.17, 15) is 4.79 Å². The molecule has 1 saturated heterocycles. The number of aromatic nitrogens is 1. The number of carbonyl (C=O) groups excluding carboxylic acids is 1. The smallest absolute Gasteiger partial charge is 0.233 e. The van der Waals surface area contributed by atoms with Crippen LogP contribution in [0.2, 0.25) is 5.02 Å². The molecule has 4 rings (SSSR count). The van der Waals surface area contributed by atoms with Gasteiger partial charge in [0.1, 0.15) is 0 Å². The molecule has 1 atom stereocenters. The summed E-state index contributed by atoms with van der Waals surface area (Å²) in [5, 5.41) is 1.37. The molecule has 0 saturated carbocycles. The summed E-state index contributed by atoms with van der Waals surface area (Å²) in [5.74, 6) is 0.0419. The molecule has 0 bridgehead atoms. The predicted molar refractivity (Wildman–Crippen MR) is 120 cm³/mol. The molecular weight excluding hydrogens is 404 g/mol. The van der Waals surface area contributed by atoms with Gasteiger partial charge in [-0.1, -0.05) is 52.8 Å². The van der Waals surface area contributed by atoms with Crippen molar-refractivity contribution in [3.8, 4) is 0 Å². The Morgan fingerprint density at radius 3 is 2.76 bits per heavy atom. The lowest BCUT2D eigenvalue weighted by Gasteiger charge is -2.23. The van der Waals surface area contributed by atoms with Crippen LogP contribution in [0.3, 0.4) is 0 Å². The van der Waals surface area contributed by atoms with Crippen molar-refractivity contribution in [3.63, 3.8) is 0 Å². The third-order valence-corrected chi connectivity index (χ3v) is 7.01. The van der Waals surface area contributed by atoms with Crippen LogP contribution in [-0.4, -0.2) is 30.1 Å². The summed E-state index contributed by atoms with van der Waals surface area (Å²) in [5.41, 5.74) is 5.32. The minimum absolute atomic E-state index is 0.0419. The van der Waals surface area contributed by atoms with Gasteiger partial charge in [0.2, 0.25) is 5.91 Å². The number of benzene rings is 2. The molecule has 0 aliphatic carbocycles. The van der Waals surface area contributed by atoms with E-state index < -0.39 is 0 Å². The van der Waals surface area contributed by atoms with Crippen LogP contribution in [0.4, 0.5) is 5.13 Å². The third kappa shape index (κ3) is 4.32. The van der Waals surface area contributed by atoms with E-state index in [-0.39, 0.29) is 12.0 Å². The SMILES string of the molecule is Cc1ccc(CC(=O)N(CC2CCCO2)c2nc3c(C)ccc(Cl)c3s2)c(C)c1. The van der Waals surface area contributed by atoms with Gasteiger partial charge < -0.3 is 4.74 Å². The van der Waals surface area contributed by atoms with Gasteiger partial charge in [0.25, 0.3) is 0 Å². The Morgan fingerprint density at radius 2 is 2.07 bits per heavy atom. The average Bonchev–Trinajstić information content (AvgIpc) is 3.35. The Kier molecular flexibility index (Phi) is 5.91. The van der Waals surface area contributed by atoms with Gasteiger partial charge in [0.15, 0.2) is 5.13 Å². The molecule has 1 amide bonds. The number of halogens is 1. The van der Waals surface area contributed by atoms with E-state index in [1.54, 1.807) is 4.90 Å². The molecule has 0 radical (unpaired) electrons. The van der Waals surface area contributed by atoms with Crippen molar-refractivity contribution < 1.29 is 9.53 Å². The lowest BCUT2D eigenvalue weighted by Crippen LogP contribution is -2.38. The number of carbonyl (C=O) groups is 1. The summed E-state index contributed by atoms with van der Waals surface area (Å²) in [4.78, 5) is 20.0. The number of hydrogen-bond acceptors (Lipinski definition) is 4. The van der Waals surface area contributed by atoms with Crippen LogP contribution >= 0.6 is 22.9 Å². The first-order chi connectivity index (χ1) is 13.9. The highest BCUT2D eigenvalue weighted by molar-refractivity contribution is 7.23. The molecule has 2 aromatic carbocycles. The van der Waals surface area contributed by atoms with Gasteiger partial charge in [-0.15, -0.1) is 0 Å². The summed E-state index contributed by atoms with van der Waals surface area (Å²) in [6.07, 6.45) is 2.41. The van der Waals surface area contributed by atoms with E-state index in [1.165, 1.54) is 16.9 Å². The molecule has 0 N–H and O–H groups in total. The zero-order chi connectivity index (χ0) is 20.5. The van der Waals surface area contributed by atoms with Crippen molar-refractivity contribution in [1.82, 2.24) is 4.98 Å². The maximum atomic E-state index is 13.4. The van der Waals surface area contributed by atoms with Gasteiger partial charge in [-0.3, -0.25) is 9.69 Å². The molecular formula is C23H25ClN2O2S. The zero-order valence-electron chi connectivity index (χ0n) is 17.0. The van der Waals surface area contributed by atoms with Gasteiger partial charge in [0.05, 0.1) is 34.3 Å². The molecule has 3 aromatic rings. The molecule has 4 nitrogen and oxygen atoms in total. The number of amides is 1. The van der Waals surface area contributed by atoms with Crippen molar-refractivity contribution in [3.05, 3.63) is 57.6 Å². The Hall–Kier alpha value is -1.95. The highest BCUT2D eigenvalue weighted by Gasteiger charge is 2.27. The fourth-order valence-electron chi connectivity index (χ4n) is 3.79. The van der Waals surface area contributed by atoms with Crippen molar-refractivity contribution in [2.45, 2.75) is 46.1 Å². The second-order valence-corrected chi connectivity index (χ2v) is 9.17. The van der Waals surface area contributed by atoms with Crippen molar-refractivity contribution in [2.24, 2.45) is 0 Å². The largest absolute Gasteiger partial charge is 0.376 e. The second-order valence-electron chi connectivity index (χ2n) is 7.78. The van der Waals surface area contributed by atoms with Gasteiger partial charge in [-0.25, -0.2) is 4.98 Å². The normalized spacial score (nSPS) is 16.5. The predicted octanol–water partition coefficient (Wildman–Crippen LogP) is 5.63. The number of thiazole rings is 1. The van der Waals surface area contributed by atoms with Crippen LogP contribution in [0.25, 0.3) is 10.2 Å². The number of aryl methyl sites for hydroxylation is 3. The number of anilines is 1. The van der Waals surface area contributed by atoms with Gasteiger partial charge >= 0.3 is 0 Å². The van der Waals surface area contributed by atoms with E-state index >= 15 is 0 Å². The first-order valence-corrected chi connectivity index (χ1v) is 11.2. The van der Waals surface area contributed by atoms with Crippen molar-refractivity contribution >= 4 is 44.2 Å². The highest BCUT2D eigenvalue weighted by atomic mass is 35.5. The second kappa shape index (κ2) is 8.42. The molecule has 1 unspecified atom stereocenters. The summed E-state index contributed by atoms with van der Waals surface area (Å²) in [6.45, 7) is 7.43. The van der Waals surface area contributed by atoms with Gasteiger partial charge in [0, 0.05) is 6.61 Å². The molecule has 1 aliphatic heterocycles. The number of rotatable bonds is 5. The molecule has 1 fully saturated rings. The minimum atomic E-state index is 0.0419. The maximum absolute atomic E-state index is 13.4. The standard InChI is InChI=1S/C23H25ClN2O2S/c1-14-6-8-17(16(3)11-14)12-20(27)26(13-18-5-4-10-28-18)23-25-21-15(2)7-9-19(24)22(21)29-23/h6-9,11,18H,4-5,10,12-13H2,1-3H3. The number of hydrogen-bond donors (Lipinski definition) is 0. The molecule has 2 heterocycles. The molecule has 0 spiro atoms. The van der Waals surface area contributed by atoms with Crippen LogP contribution in [0.5, 0.6) is 0 Å². The summed E-state index contributed by atoms with van der Waals surface area (Å²) in [7, 11) is 0. The Bertz CT molecular complexity index is 1020. The minimum Gasteiger partial charge on any atom is -0.376 e. The van der Waals surface area contributed by atoms with Crippen molar-refractivity contribution in [1.29, 1.82) is 0 Å². The highest BCUT2D eigenvalue weighted by Crippen LogP contribution is 2.36. The third-order valence-electron chi connectivity index (χ3n) is 5.47. The number of nitrogens with zero attached hydrogens (tertiary/aromatic N) is 2. The number of fused-ring (bicyclic) bond motifs is 1. The van der Waals surface area contributed by atoms with E-state index in [1.807, 2.05) is 25.1 Å². The molecule has 29 heavy (non-hydrogen) atoms. The summed E-state index contributed by atoms with van der Waals surface area (Å²) < 4.78 is 6.75. The lowest BCUT2D eigenvalue weighted by molar-refractivity contribution is -0.118. The Labute approximate surface area is 180 Å². The first-order valence-electron chi connectivity index (χ1n) is 9.96. The van der Waals surface area contributed by atoms with Gasteiger partial charge in [-0.05, 0) is 56.4 Å². The average molecular weight is 429 g/mol. The summed E-state index contributed by atoms with van der Waals surface area (Å²) >= 11 is 7.89.